The quantitative estimate of drug-likeness (QED) is 0.875. The van der Waals surface area contributed by atoms with Gasteiger partial charge < -0.3 is 15.8 Å². The Morgan fingerprint density at radius 3 is 2.76 bits per heavy atom. The van der Waals surface area contributed by atoms with E-state index in [0.29, 0.717) is 19.1 Å². The van der Waals surface area contributed by atoms with Crippen LogP contribution in [0, 0.1) is 11.3 Å². The number of benzene rings is 1. The summed E-state index contributed by atoms with van der Waals surface area (Å²) >= 11 is 0. The fourth-order valence-electron chi connectivity index (χ4n) is 2.93. The molecule has 1 aliphatic carbocycles. The maximum Gasteiger partial charge on any atom is 0.231 e. The zero-order chi connectivity index (χ0) is 15.3. The Balaban J connectivity index is 2.07. The van der Waals surface area contributed by atoms with Crippen LogP contribution in [0.3, 0.4) is 0 Å². The van der Waals surface area contributed by atoms with Crippen molar-refractivity contribution in [2.75, 3.05) is 18.5 Å². The highest BCUT2D eigenvalue weighted by Crippen LogP contribution is 2.39. The van der Waals surface area contributed by atoms with Gasteiger partial charge in [-0.3, -0.25) is 4.79 Å². The van der Waals surface area contributed by atoms with Gasteiger partial charge >= 0.3 is 0 Å². The lowest BCUT2D eigenvalue weighted by atomic mass is 9.70. The van der Waals surface area contributed by atoms with Gasteiger partial charge in [0.2, 0.25) is 5.91 Å². The summed E-state index contributed by atoms with van der Waals surface area (Å²) in [6.45, 7) is 5.21. The second-order valence-corrected chi connectivity index (χ2v) is 6.08. The molecule has 1 aromatic rings. The molecule has 1 saturated carbocycles. The van der Waals surface area contributed by atoms with Crippen LogP contribution in [-0.2, 0) is 4.79 Å². The molecule has 0 spiro atoms. The molecule has 0 heterocycles. The summed E-state index contributed by atoms with van der Waals surface area (Å²) in [4.78, 5) is 12.7. The second kappa shape index (κ2) is 6.94. The molecule has 116 valence electrons. The molecule has 4 nitrogen and oxygen atoms in total. The third kappa shape index (κ3) is 3.76. The number of carbonyl (C=O) groups excluding carboxylic acids is 1. The Morgan fingerprint density at radius 2 is 2.14 bits per heavy atom. The van der Waals surface area contributed by atoms with Crippen molar-refractivity contribution in [1.82, 2.24) is 0 Å². The predicted octanol–water partition coefficient (Wildman–Crippen LogP) is 3.18. The summed E-state index contributed by atoms with van der Waals surface area (Å²) in [7, 11) is 0. The predicted molar refractivity (Wildman–Crippen MR) is 85.4 cm³/mol. The van der Waals surface area contributed by atoms with E-state index in [-0.39, 0.29) is 5.91 Å². The topological polar surface area (TPSA) is 64.3 Å². The zero-order valence-corrected chi connectivity index (χ0v) is 13.0. The van der Waals surface area contributed by atoms with Gasteiger partial charge in [0, 0.05) is 18.3 Å². The van der Waals surface area contributed by atoms with E-state index in [9.17, 15) is 4.79 Å². The molecular weight excluding hydrogens is 264 g/mol. The van der Waals surface area contributed by atoms with E-state index in [1.807, 2.05) is 31.2 Å². The van der Waals surface area contributed by atoms with Crippen molar-refractivity contribution in [1.29, 1.82) is 0 Å². The van der Waals surface area contributed by atoms with Crippen LogP contribution in [0.25, 0.3) is 0 Å². The Bertz CT molecular complexity index is 479. The highest BCUT2D eigenvalue weighted by atomic mass is 16.5. The van der Waals surface area contributed by atoms with E-state index in [2.05, 4.69) is 12.2 Å². The van der Waals surface area contributed by atoms with Crippen molar-refractivity contribution in [3.63, 3.8) is 0 Å². The van der Waals surface area contributed by atoms with Crippen LogP contribution in [0.4, 0.5) is 5.69 Å². The fraction of sp³-hybridized carbons (Fsp3) is 0.588. The molecule has 1 fully saturated rings. The van der Waals surface area contributed by atoms with E-state index in [1.54, 1.807) is 0 Å². The molecule has 2 rings (SSSR count). The molecule has 1 aliphatic rings. The largest absolute Gasteiger partial charge is 0.494 e. The number of hydrogen-bond acceptors (Lipinski definition) is 3. The summed E-state index contributed by atoms with van der Waals surface area (Å²) < 4.78 is 5.46. The van der Waals surface area contributed by atoms with Gasteiger partial charge in [-0.2, -0.15) is 0 Å². The van der Waals surface area contributed by atoms with Crippen LogP contribution in [-0.4, -0.2) is 19.1 Å². The number of amides is 1. The first-order chi connectivity index (χ1) is 10.1. The van der Waals surface area contributed by atoms with Gasteiger partial charge in [-0.15, -0.1) is 0 Å². The average molecular weight is 290 g/mol. The van der Waals surface area contributed by atoms with Gasteiger partial charge in [0.1, 0.15) is 5.75 Å². The molecule has 0 unspecified atom stereocenters. The Kier molecular flexibility index (Phi) is 5.23. The van der Waals surface area contributed by atoms with E-state index in [1.165, 1.54) is 0 Å². The molecule has 1 aromatic carbocycles. The number of ether oxygens (including phenoxy) is 1. The maximum absolute atomic E-state index is 12.7. The molecule has 0 saturated heterocycles. The van der Waals surface area contributed by atoms with Crippen molar-refractivity contribution >= 4 is 11.6 Å². The lowest BCUT2D eigenvalue weighted by Crippen LogP contribution is -2.44. The Labute approximate surface area is 127 Å². The van der Waals surface area contributed by atoms with Crippen molar-refractivity contribution in [3.8, 4) is 5.75 Å². The highest BCUT2D eigenvalue weighted by molar-refractivity contribution is 5.95. The Morgan fingerprint density at radius 1 is 1.43 bits per heavy atom. The van der Waals surface area contributed by atoms with Crippen LogP contribution < -0.4 is 15.8 Å². The molecule has 1 amide bonds. The molecule has 0 radical (unpaired) electrons. The van der Waals surface area contributed by atoms with E-state index >= 15 is 0 Å². The van der Waals surface area contributed by atoms with E-state index < -0.39 is 5.41 Å². The van der Waals surface area contributed by atoms with Crippen LogP contribution in [0.5, 0.6) is 5.75 Å². The maximum atomic E-state index is 12.7. The minimum atomic E-state index is -0.409. The molecule has 0 aromatic heterocycles. The fourth-order valence-corrected chi connectivity index (χ4v) is 2.93. The number of nitrogens with one attached hydrogen (secondary N) is 1. The summed E-state index contributed by atoms with van der Waals surface area (Å²) in [6.07, 6.45) is 3.90. The van der Waals surface area contributed by atoms with Gasteiger partial charge in [0.25, 0.3) is 0 Å². The molecule has 3 N–H and O–H groups in total. The minimum Gasteiger partial charge on any atom is -0.494 e. The second-order valence-electron chi connectivity index (χ2n) is 6.08. The number of rotatable bonds is 5. The van der Waals surface area contributed by atoms with E-state index in [0.717, 1.165) is 37.1 Å². The summed E-state index contributed by atoms with van der Waals surface area (Å²) in [5.74, 6) is 1.51. The highest BCUT2D eigenvalue weighted by Gasteiger charge is 2.39. The first kappa shape index (κ1) is 15.8. The first-order valence-electron chi connectivity index (χ1n) is 7.84. The summed E-state index contributed by atoms with van der Waals surface area (Å²) in [5.41, 5.74) is 6.30. The minimum absolute atomic E-state index is 0.0468. The van der Waals surface area contributed by atoms with Gasteiger partial charge in [-0.25, -0.2) is 0 Å². The van der Waals surface area contributed by atoms with Gasteiger partial charge in [0.05, 0.1) is 12.0 Å². The lowest BCUT2D eigenvalue weighted by Gasteiger charge is -2.37. The summed E-state index contributed by atoms with van der Waals surface area (Å²) in [6, 6.07) is 7.52. The normalized spacial score (nSPS) is 25.4. The summed E-state index contributed by atoms with van der Waals surface area (Å²) in [5, 5.41) is 3.02. The van der Waals surface area contributed by atoms with E-state index in [4.69, 9.17) is 10.5 Å². The first-order valence-corrected chi connectivity index (χ1v) is 7.84. The molecule has 21 heavy (non-hydrogen) atoms. The number of nitrogens with two attached hydrogens (primary N) is 1. The van der Waals surface area contributed by atoms with Crippen LogP contribution in [0.1, 0.15) is 39.5 Å². The molecule has 0 bridgehead atoms. The van der Waals surface area contributed by atoms with Gasteiger partial charge in [-0.05, 0) is 50.7 Å². The molecular formula is C17H26N2O2. The van der Waals surface area contributed by atoms with Crippen LogP contribution >= 0.6 is 0 Å². The third-order valence-corrected chi connectivity index (χ3v) is 4.51. The number of hydrogen-bond donors (Lipinski definition) is 2. The smallest absolute Gasteiger partial charge is 0.231 e. The van der Waals surface area contributed by atoms with Crippen LogP contribution in [0.15, 0.2) is 24.3 Å². The lowest BCUT2D eigenvalue weighted by molar-refractivity contribution is -0.127. The van der Waals surface area contributed by atoms with Crippen LogP contribution in [0.2, 0.25) is 0 Å². The average Bonchev–Trinajstić information content (AvgIpc) is 2.49. The third-order valence-electron chi connectivity index (χ3n) is 4.51. The standard InChI is InChI=1S/C17H26N2O2/c1-3-21-15-6-4-5-14(11-15)19-16(20)17(12-18)9-7-13(2)8-10-17/h4-6,11,13H,3,7-10,12,18H2,1-2H3,(H,19,20). The molecule has 0 atom stereocenters. The van der Waals surface area contributed by atoms with Crippen molar-refractivity contribution in [3.05, 3.63) is 24.3 Å². The molecule has 0 aliphatic heterocycles. The van der Waals surface area contributed by atoms with Crippen molar-refractivity contribution < 1.29 is 9.53 Å². The van der Waals surface area contributed by atoms with Crippen molar-refractivity contribution in [2.45, 2.75) is 39.5 Å². The SMILES string of the molecule is CCOc1cccc(NC(=O)C2(CN)CCC(C)CC2)c1. The number of carbonyl (C=O) groups is 1. The van der Waals surface area contributed by atoms with Gasteiger partial charge in [-0.1, -0.05) is 13.0 Å². The monoisotopic (exact) mass is 290 g/mol. The Hall–Kier alpha value is -1.55. The number of anilines is 1. The van der Waals surface area contributed by atoms with Crippen molar-refractivity contribution in [2.24, 2.45) is 17.1 Å². The van der Waals surface area contributed by atoms with Gasteiger partial charge in [0.15, 0.2) is 0 Å². The molecule has 4 heteroatoms. The zero-order valence-electron chi connectivity index (χ0n) is 13.0.